The molecule has 0 aromatic carbocycles. The number of hydrogen-bond acceptors (Lipinski definition) is 4. The van der Waals surface area contributed by atoms with Gasteiger partial charge in [-0.15, -0.1) is 11.3 Å². The lowest BCUT2D eigenvalue weighted by Crippen LogP contribution is -2.56. The summed E-state index contributed by atoms with van der Waals surface area (Å²) in [6.07, 6.45) is 0.863. The minimum absolute atomic E-state index is 0.0113. The van der Waals surface area contributed by atoms with Crippen LogP contribution in [-0.2, 0) is 16.0 Å². The van der Waals surface area contributed by atoms with E-state index in [-0.39, 0.29) is 12.5 Å². The van der Waals surface area contributed by atoms with Crippen LogP contribution in [-0.4, -0.2) is 49.3 Å². The molecule has 1 N–H and O–H groups in total. The molecule has 1 aliphatic heterocycles. The molecular formula is C12H17NO3S. The molecule has 1 aromatic heterocycles. The summed E-state index contributed by atoms with van der Waals surface area (Å²) >= 11 is 1.70. The first-order valence-corrected chi connectivity index (χ1v) is 6.52. The molecule has 0 bridgehead atoms. The van der Waals surface area contributed by atoms with E-state index in [2.05, 4.69) is 6.07 Å². The zero-order chi connectivity index (χ0) is 12.3. The molecule has 0 aliphatic carbocycles. The summed E-state index contributed by atoms with van der Waals surface area (Å²) < 4.78 is 5.05. The van der Waals surface area contributed by atoms with Crippen molar-refractivity contribution >= 4 is 17.2 Å². The quantitative estimate of drug-likeness (QED) is 0.845. The minimum Gasteiger partial charge on any atom is -0.395 e. The van der Waals surface area contributed by atoms with Crippen LogP contribution in [0.15, 0.2) is 17.5 Å². The highest BCUT2D eigenvalue weighted by atomic mass is 32.1. The van der Waals surface area contributed by atoms with Crippen LogP contribution in [0.3, 0.4) is 0 Å². The topological polar surface area (TPSA) is 49.8 Å². The first-order valence-electron chi connectivity index (χ1n) is 5.64. The van der Waals surface area contributed by atoms with Crippen LogP contribution in [0.1, 0.15) is 4.88 Å². The third kappa shape index (κ3) is 2.51. The lowest BCUT2D eigenvalue weighted by Gasteiger charge is -2.40. The molecule has 2 heterocycles. The van der Waals surface area contributed by atoms with Gasteiger partial charge in [-0.05, 0) is 17.9 Å². The Morgan fingerprint density at radius 3 is 2.88 bits per heavy atom. The molecule has 1 aliphatic rings. The summed E-state index contributed by atoms with van der Waals surface area (Å²) in [6, 6.07) is 4.08. The number of carbonyl (C=O) groups is 1. The van der Waals surface area contributed by atoms with Crippen LogP contribution in [0.5, 0.6) is 0 Å². The average Bonchev–Trinajstić information content (AvgIpc) is 2.77. The number of rotatable bonds is 5. The summed E-state index contributed by atoms with van der Waals surface area (Å²) in [4.78, 5) is 15.1. The molecule has 1 fully saturated rings. The second-order valence-corrected chi connectivity index (χ2v) is 5.52. The van der Waals surface area contributed by atoms with E-state index in [1.807, 2.05) is 11.4 Å². The normalized spacial score (nSPS) is 17.5. The molecule has 2 rings (SSSR count). The van der Waals surface area contributed by atoms with Gasteiger partial charge in [-0.3, -0.25) is 4.79 Å². The molecule has 1 saturated heterocycles. The monoisotopic (exact) mass is 255 g/mol. The van der Waals surface area contributed by atoms with Crippen molar-refractivity contribution in [2.45, 2.75) is 6.42 Å². The van der Waals surface area contributed by atoms with Gasteiger partial charge in [0.15, 0.2) is 0 Å². The van der Waals surface area contributed by atoms with E-state index in [1.54, 1.807) is 23.3 Å². The molecule has 1 aromatic rings. The Kier molecular flexibility index (Phi) is 3.81. The number of hydrogen-bond donors (Lipinski definition) is 1. The number of aliphatic hydroxyl groups excluding tert-OH is 1. The van der Waals surface area contributed by atoms with Gasteiger partial charge in [0.25, 0.3) is 0 Å². The average molecular weight is 255 g/mol. The van der Waals surface area contributed by atoms with Gasteiger partial charge < -0.3 is 14.7 Å². The Balaban J connectivity index is 1.87. The summed E-state index contributed by atoms with van der Waals surface area (Å²) in [5, 5.41) is 11.3. The molecule has 1 amide bonds. The van der Waals surface area contributed by atoms with Gasteiger partial charge >= 0.3 is 0 Å². The van der Waals surface area contributed by atoms with Crippen molar-refractivity contribution in [2.75, 3.05) is 33.4 Å². The minimum atomic E-state index is -0.676. The highest BCUT2D eigenvalue weighted by molar-refractivity contribution is 7.09. The number of likely N-dealkylation sites (N-methyl/N-ethyl adjacent to an activating group) is 1. The number of amides is 1. The molecule has 0 saturated carbocycles. The van der Waals surface area contributed by atoms with Gasteiger partial charge in [-0.1, -0.05) is 6.07 Å². The number of aliphatic hydroxyl groups is 1. The lowest BCUT2D eigenvalue weighted by molar-refractivity contribution is -0.179. The number of ether oxygens (including phenoxy) is 1. The van der Waals surface area contributed by atoms with Gasteiger partial charge in [-0.2, -0.15) is 0 Å². The highest BCUT2D eigenvalue weighted by Crippen LogP contribution is 2.29. The number of carbonyl (C=O) groups excluding carboxylic acids is 1. The van der Waals surface area contributed by atoms with Gasteiger partial charge in [0.05, 0.1) is 19.8 Å². The molecule has 0 atom stereocenters. The fourth-order valence-electron chi connectivity index (χ4n) is 1.87. The first kappa shape index (κ1) is 12.5. The third-order valence-corrected chi connectivity index (χ3v) is 4.07. The molecule has 0 radical (unpaired) electrons. The van der Waals surface area contributed by atoms with E-state index >= 15 is 0 Å². The molecule has 17 heavy (non-hydrogen) atoms. The first-order chi connectivity index (χ1) is 8.18. The lowest BCUT2D eigenvalue weighted by atomic mass is 9.85. The fraction of sp³-hybridized carbons (Fsp3) is 0.583. The van der Waals surface area contributed by atoms with Gasteiger partial charge in [0.1, 0.15) is 5.41 Å². The van der Waals surface area contributed by atoms with E-state index in [4.69, 9.17) is 4.74 Å². The summed E-state index contributed by atoms with van der Waals surface area (Å²) in [7, 11) is 1.78. The maximum atomic E-state index is 12.1. The van der Waals surface area contributed by atoms with E-state index in [1.165, 1.54) is 4.88 Å². The Morgan fingerprint density at radius 2 is 2.41 bits per heavy atom. The van der Waals surface area contributed by atoms with Crippen LogP contribution < -0.4 is 0 Å². The fourth-order valence-corrected chi connectivity index (χ4v) is 2.57. The van der Waals surface area contributed by atoms with Crippen LogP contribution in [0.25, 0.3) is 0 Å². The van der Waals surface area contributed by atoms with Crippen molar-refractivity contribution in [3.05, 3.63) is 22.4 Å². The van der Waals surface area contributed by atoms with Gasteiger partial charge in [0.2, 0.25) is 5.91 Å². The second kappa shape index (κ2) is 5.16. The van der Waals surface area contributed by atoms with Gasteiger partial charge in [0, 0.05) is 18.5 Å². The third-order valence-electron chi connectivity index (χ3n) is 3.13. The molecule has 0 unspecified atom stereocenters. The second-order valence-electron chi connectivity index (χ2n) is 4.49. The largest absolute Gasteiger partial charge is 0.395 e. The maximum absolute atomic E-state index is 12.1. The van der Waals surface area contributed by atoms with Crippen LogP contribution in [0.4, 0.5) is 0 Å². The Morgan fingerprint density at radius 1 is 1.65 bits per heavy atom. The van der Waals surface area contributed by atoms with Crippen LogP contribution >= 0.6 is 11.3 Å². The van der Waals surface area contributed by atoms with Crippen molar-refractivity contribution in [2.24, 2.45) is 5.41 Å². The SMILES string of the molecule is CN(CCc1cccs1)C(=O)C1(CO)COC1. The molecular weight excluding hydrogens is 238 g/mol. The van der Waals surface area contributed by atoms with Crippen molar-refractivity contribution in [1.82, 2.24) is 4.90 Å². The van der Waals surface area contributed by atoms with E-state index in [9.17, 15) is 9.90 Å². The van der Waals surface area contributed by atoms with E-state index < -0.39 is 5.41 Å². The molecule has 5 heteroatoms. The van der Waals surface area contributed by atoms with E-state index in [0.717, 1.165) is 6.42 Å². The van der Waals surface area contributed by atoms with Crippen molar-refractivity contribution in [3.8, 4) is 0 Å². The number of thiophene rings is 1. The summed E-state index contributed by atoms with van der Waals surface area (Å²) in [5.74, 6) is -0.0113. The smallest absolute Gasteiger partial charge is 0.235 e. The van der Waals surface area contributed by atoms with Crippen LogP contribution in [0, 0.1) is 5.41 Å². The predicted molar refractivity (Wildman–Crippen MR) is 66.0 cm³/mol. The Labute approximate surface area is 105 Å². The predicted octanol–water partition coefficient (Wildman–Crippen LogP) is 0.758. The van der Waals surface area contributed by atoms with Crippen molar-refractivity contribution < 1.29 is 14.6 Å². The molecule has 4 nitrogen and oxygen atoms in total. The Hall–Kier alpha value is -0.910. The summed E-state index contributed by atoms with van der Waals surface area (Å²) in [6.45, 7) is 1.23. The standard InChI is InChI=1S/C12H17NO3S/c1-13(5-4-10-3-2-6-17-10)11(15)12(7-14)8-16-9-12/h2-3,6,14H,4-5,7-9H2,1H3. The van der Waals surface area contributed by atoms with Crippen LogP contribution in [0.2, 0.25) is 0 Å². The maximum Gasteiger partial charge on any atom is 0.235 e. The Bertz CT molecular complexity index is 368. The van der Waals surface area contributed by atoms with Crippen molar-refractivity contribution in [1.29, 1.82) is 0 Å². The summed E-state index contributed by atoms with van der Waals surface area (Å²) in [5.41, 5.74) is -0.676. The number of nitrogens with zero attached hydrogens (tertiary/aromatic N) is 1. The zero-order valence-corrected chi connectivity index (χ0v) is 10.7. The van der Waals surface area contributed by atoms with E-state index in [0.29, 0.717) is 19.8 Å². The molecule has 0 spiro atoms. The van der Waals surface area contributed by atoms with Gasteiger partial charge in [-0.25, -0.2) is 0 Å². The molecule has 94 valence electrons. The van der Waals surface area contributed by atoms with Crippen molar-refractivity contribution in [3.63, 3.8) is 0 Å². The zero-order valence-electron chi connectivity index (χ0n) is 9.89. The highest BCUT2D eigenvalue weighted by Gasteiger charge is 2.46.